The Morgan fingerprint density at radius 2 is 1.73 bits per heavy atom. The highest BCUT2D eigenvalue weighted by Crippen LogP contribution is 2.20. The number of likely N-dealkylation sites (tertiary alicyclic amines) is 1. The number of amides is 3. The molecule has 2 heterocycles. The Morgan fingerprint density at radius 3 is 2.42 bits per heavy atom. The van der Waals surface area contributed by atoms with Gasteiger partial charge in [0.1, 0.15) is 18.1 Å². The van der Waals surface area contributed by atoms with Crippen LogP contribution in [0.2, 0.25) is 0 Å². The van der Waals surface area contributed by atoms with Gasteiger partial charge in [-0.3, -0.25) is 14.4 Å². The molecule has 2 aromatic carbocycles. The van der Waals surface area contributed by atoms with Crippen molar-refractivity contribution in [3.63, 3.8) is 0 Å². The molecule has 3 amide bonds. The first-order valence-corrected chi connectivity index (χ1v) is 13.3. The van der Waals surface area contributed by atoms with E-state index in [1.807, 2.05) is 30.3 Å². The van der Waals surface area contributed by atoms with Gasteiger partial charge in [0.2, 0.25) is 17.7 Å². The van der Waals surface area contributed by atoms with Crippen molar-refractivity contribution in [2.24, 2.45) is 5.73 Å². The van der Waals surface area contributed by atoms with Crippen molar-refractivity contribution >= 4 is 34.6 Å². The van der Waals surface area contributed by atoms with Crippen molar-refractivity contribution in [1.82, 2.24) is 20.5 Å². The SMILES string of the molecule is CC(O)C(NC(=O)C(Cc1ccccc1)NC(=O)C(N)Cc1c[nH]c2ccccc12)C(=O)N1CCCC1C(=O)O. The van der Waals surface area contributed by atoms with Gasteiger partial charge in [0.05, 0.1) is 12.1 Å². The largest absolute Gasteiger partial charge is 0.480 e. The van der Waals surface area contributed by atoms with Gasteiger partial charge < -0.3 is 36.5 Å². The molecule has 1 aliphatic rings. The van der Waals surface area contributed by atoms with Gasteiger partial charge in [0, 0.05) is 30.1 Å². The second-order valence-electron chi connectivity index (χ2n) is 10.2. The second-order valence-corrected chi connectivity index (χ2v) is 10.2. The lowest BCUT2D eigenvalue weighted by atomic mass is 10.0. The topological polar surface area (TPSA) is 178 Å². The van der Waals surface area contributed by atoms with Gasteiger partial charge >= 0.3 is 5.97 Å². The average Bonchev–Trinajstić information content (AvgIpc) is 3.59. The lowest BCUT2D eigenvalue weighted by Gasteiger charge is -2.30. The van der Waals surface area contributed by atoms with E-state index < -0.39 is 54.0 Å². The molecule has 3 aromatic rings. The number of nitrogens with two attached hydrogens (primary N) is 1. The molecule has 11 nitrogen and oxygen atoms in total. The first-order chi connectivity index (χ1) is 19.2. The van der Waals surface area contributed by atoms with Crippen LogP contribution < -0.4 is 16.4 Å². The number of aliphatic carboxylic acids is 1. The molecule has 1 aromatic heterocycles. The average molecular weight is 550 g/mol. The smallest absolute Gasteiger partial charge is 0.326 e. The zero-order valence-corrected chi connectivity index (χ0v) is 22.2. The van der Waals surface area contributed by atoms with E-state index in [0.717, 1.165) is 22.0 Å². The number of para-hydroxylation sites is 1. The van der Waals surface area contributed by atoms with Crippen LogP contribution in [0.3, 0.4) is 0 Å². The molecule has 1 saturated heterocycles. The normalized spacial score (nSPS) is 18.1. The summed E-state index contributed by atoms with van der Waals surface area (Å²) < 4.78 is 0. The summed E-state index contributed by atoms with van der Waals surface area (Å²) in [6.45, 7) is 1.55. The number of fused-ring (bicyclic) bond motifs is 1. The molecule has 1 aliphatic heterocycles. The summed E-state index contributed by atoms with van der Waals surface area (Å²) >= 11 is 0. The summed E-state index contributed by atoms with van der Waals surface area (Å²) in [6.07, 6.45) is 1.64. The summed E-state index contributed by atoms with van der Waals surface area (Å²) in [6, 6.07) is 12.2. The van der Waals surface area contributed by atoms with E-state index >= 15 is 0 Å². The molecule has 0 aliphatic carbocycles. The quantitative estimate of drug-likeness (QED) is 0.204. The molecule has 1 fully saturated rings. The minimum atomic E-state index is -1.39. The lowest BCUT2D eigenvalue weighted by Crippen LogP contribution is -2.60. The Labute approximate surface area is 231 Å². The second kappa shape index (κ2) is 12.8. The number of aromatic amines is 1. The number of aromatic nitrogens is 1. The summed E-state index contributed by atoms with van der Waals surface area (Å²) in [4.78, 5) is 55.8. The van der Waals surface area contributed by atoms with Crippen molar-refractivity contribution in [3.05, 3.63) is 71.9 Å². The zero-order valence-electron chi connectivity index (χ0n) is 22.2. The van der Waals surface area contributed by atoms with Gasteiger partial charge in [-0.15, -0.1) is 0 Å². The maximum Gasteiger partial charge on any atom is 0.326 e. The fourth-order valence-corrected chi connectivity index (χ4v) is 5.08. The van der Waals surface area contributed by atoms with Crippen molar-refractivity contribution in [1.29, 1.82) is 0 Å². The maximum absolute atomic E-state index is 13.5. The number of carbonyl (C=O) groups is 4. The number of aliphatic hydroxyl groups excluding tert-OH is 1. The predicted molar refractivity (Wildman–Crippen MR) is 148 cm³/mol. The van der Waals surface area contributed by atoms with E-state index in [0.29, 0.717) is 12.8 Å². The highest BCUT2D eigenvalue weighted by Gasteiger charge is 2.40. The van der Waals surface area contributed by atoms with E-state index in [2.05, 4.69) is 15.6 Å². The minimum absolute atomic E-state index is 0.112. The first-order valence-electron chi connectivity index (χ1n) is 13.3. The lowest BCUT2D eigenvalue weighted by molar-refractivity contribution is -0.150. The highest BCUT2D eigenvalue weighted by molar-refractivity contribution is 5.95. The van der Waals surface area contributed by atoms with Gasteiger partial charge in [0.25, 0.3) is 0 Å². The van der Waals surface area contributed by atoms with Crippen molar-refractivity contribution < 1.29 is 29.4 Å². The third-order valence-corrected chi connectivity index (χ3v) is 7.23. The Morgan fingerprint density at radius 1 is 1.02 bits per heavy atom. The molecular weight excluding hydrogens is 514 g/mol. The molecular formula is C29H35N5O6. The van der Waals surface area contributed by atoms with Gasteiger partial charge in [-0.25, -0.2) is 4.79 Å². The number of rotatable bonds is 11. The number of carboxylic acid groups (broad SMARTS) is 1. The molecule has 0 bridgehead atoms. The van der Waals surface area contributed by atoms with Gasteiger partial charge in [-0.2, -0.15) is 0 Å². The van der Waals surface area contributed by atoms with E-state index in [-0.39, 0.29) is 19.4 Å². The zero-order chi connectivity index (χ0) is 28.8. The fraction of sp³-hybridized carbons (Fsp3) is 0.379. The Bertz CT molecular complexity index is 1360. The third kappa shape index (κ3) is 6.67. The fourth-order valence-electron chi connectivity index (χ4n) is 5.08. The monoisotopic (exact) mass is 549 g/mol. The minimum Gasteiger partial charge on any atom is -0.480 e. The highest BCUT2D eigenvalue weighted by atomic mass is 16.4. The molecule has 7 N–H and O–H groups in total. The molecule has 40 heavy (non-hydrogen) atoms. The number of hydrogen-bond acceptors (Lipinski definition) is 6. The molecule has 0 radical (unpaired) electrons. The van der Waals surface area contributed by atoms with Crippen LogP contribution in [0.15, 0.2) is 60.8 Å². The number of carbonyl (C=O) groups excluding carboxylic acids is 3. The van der Waals surface area contributed by atoms with Crippen LogP contribution >= 0.6 is 0 Å². The number of nitrogens with one attached hydrogen (secondary N) is 3. The Hall–Kier alpha value is -4.22. The van der Waals surface area contributed by atoms with Crippen molar-refractivity contribution in [3.8, 4) is 0 Å². The number of H-pyrrole nitrogens is 1. The van der Waals surface area contributed by atoms with Crippen LogP contribution in [0.4, 0.5) is 0 Å². The molecule has 4 rings (SSSR count). The van der Waals surface area contributed by atoms with Crippen LogP contribution in [-0.2, 0) is 32.0 Å². The summed E-state index contributed by atoms with van der Waals surface area (Å²) in [5.74, 6) is -3.07. The standard InChI is InChI=1S/C29H35N5O6/c1-17(35)25(28(38)34-13-7-12-24(34)29(39)40)33-27(37)23(14-18-8-3-2-4-9-18)32-26(36)21(30)15-19-16-31-22-11-6-5-10-20(19)22/h2-6,8-11,16-17,21,23-25,31,35H,7,12-15,30H2,1H3,(H,32,36)(H,33,37)(H,39,40). The number of aliphatic hydroxyl groups is 1. The maximum atomic E-state index is 13.5. The number of carboxylic acids is 1. The van der Waals surface area contributed by atoms with Crippen molar-refractivity contribution in [2.45, 2.75) is 62.9 Å². The Balaban J connectivity index is 1.50. The van der Waals surface area contributed by atoms with Crippen LogP contribution in [0.1, 0.15) is 30.9 Å². The predicted octanol–water partition coefficient (Wildman–Crippen LogP) is 0.706. The molecule has 212 valence electrons. The van der Waals surface area contributed by atoms with Crippen LogP contribution in [0.5, 0.6) is 0 Å². The Kier molecular flexibility index (Phi) is 9.18. The van der Waals surface area contributed by atoms with E-state index in [4.69, 9.17) is 5.73 Å². The van der Waals surface area contributed by atoms with Gasteiger partial charge in [-0.05, 0) is 43.4 Å². The molecule has 0 saturated carbocycles. The van der Waals surface area contributed by atoms with Crippen LogP contribution in [-0.4, -0.2) is 80.6 Å². The van der Waals surface area contributed by atoms with Gasteiger partial charge in [0.15, 0.2) is 0 Å². The van der Waals surface area contributed by atoms with E-state index in [9.17, 15) is 29.4 Å². The summed E-state index contributed by atoms with van der Waals surface area (Å²) in [7, 11) is 0. The van der Waals surface area contributed by atoms with E-state index in [1.165, 1.54) is 11.8 Å². The number of hydrogen-bond donors (Lipinski definition) is 6. The number of benzene rings is 2. The molecule has 11 heteroatoms. The number of nitrogens with zero attached hydrogens (tertiary/aromatic N) is 1. The summed E-state index contributed by atoms with van der Waals surface area (Å²) in [5, 5.41) is 26.1. The molecule has 5 atom stereocenters. The van der Waals surface area contributed by atoms with Crippen molar-refractivity contribution in [2.75, 3.05) is 6.54 Å². The molecule has 0 spiro atoms. The third-order valence-electron chi connectivity index (χ3n) is 7.23. The van der Waals surface area contributed by atoms with Gasteiger partial charge in [-0.1, -0.05) is 48.5 Å². The van der Waals surface area contributed by atoms with E-state index in [1.54, 1.807) is 30.5 Å². The van der Waals surface area contributed by atoms with Crippen LogP contribution in [0.25, 0.3) is 10.9 Å². The summed E-state index contributed by atoms with van der Waals surface area (Å²) in [5.41, 5.74) is 8.80. The molecule has 5 unspecified atom stereocenters. The van der Waals surface area contributed by atoms with Crippen LogP contribution in [0, 0.1) is 0 Å². The first kappa shape index (κ1) is 28.8.